The number of aryl methyl sites for hydroxylation is 1. The van der Waals surface area contributed by atoms with Crippen LogP contribution in [0.25, 0.3) is 0 Å². The topological polar surface area (TPSA) is 55.1 Å². The van der Waals surface area contributed by atoms with Gasteiger partial charge < -0.3 is 11.1 Å². The third kappa shape index (κ3) is 3.82. The Hall–Kier alpha value is -1.06. The molecule has 2 saturated carbocycles. The monoisotopic (exact) mass is 322 g/mol. The van der Waals surface area contributed by atoms with E-state index < -0.39 is 0 Å². The molecule has 0 spiro atoms. The van der Waals surface area contributed by atoms with Gasteiger partial charge in [-0.05, 0) is 50.0 Å². The van der Waals surface area contributed by atoms with Crippen molar-refractivity contribution in [1.29, 1.82) is 0 Å². The Balaban J connectivity index is 0.00000176. The number of nitrogens with one attached hydrogen (secondary N) is 1. The maximum Gasteiger partial charge on any atom is 0.223 e. The lowest BCUT2D eigenvalue weighted by Crippen LogP contribution is -2.49. The summed E-state index contributed by atoms with van der Waals surface area (Å²) < 4.78 is 0. The first kappa shape index (κ1) is 17.3. The van der Waals surface area contributed by atoms with Crippen LogP contribution in [0.4, 0.5) is 0 Å². The lowest BCUT2D eigenvalue weighted by molar-refractivity contribution is -0.128. The average Bonchev–Trinajstić information content (AvgIpc) is 2.44. The first-order valence-corrected chi connectivity index (χ1v) is 8.22. The standard InChI is InChI=1S/C18H26N2O.ClH/c1-12-4-2-5-13(8-12)11-20-18(21)16-9-14-6-3-7-15(10-16)17(14)19;/h2,4-5,8,14-17H,3,6-7,9-11,19H2,1H3,(H,20,21);1H. The summed E-state index contributed by atoms with van der Waals surface area (Å²) in [5.74, 6) is 1.52. The van der Waals surface area contributed by atoms with Gasteiger partial charge in [0.05, 0.1) is 0 Å². The van der Waals surface area contributed by atoms with E-state index in [9.17, 15) is 4.79 Å². The number of nitrogens with two attached hydrogens (primary N) is 1. The van der Waals surface area contributed by atoms with Crippen LogP contribution in [-0.2, 0) is 11.3 Å². The van der Waals surface area contributed by atoms with Gasteiger partial charge in [-0.3, -0.25) is 4.79 Å². The van der Waals surface area contributed by atoms with Gasteiger partial charge in [0, 0.05) is 18.5 Å². The fourth-order valence-electron chi connectivity index (χ4n) is 4.16. The zero-order chi connectivity index (χ0) is 14.8. The molecule has 2 aliphatic carbocycles. The van der Waals surface area contributed by atoms with E-state index in [-0.39, 0.29) is 24.2 Å². The lowest BCUT2D eigenvalue weighted by atomic mass is 9.65. The maximum absolute atomic E-state index is 12.4. The van der Waals surface area contributed by atoms with Crippen molar-refractivity contribution in [3.8, 4) is 0 Å². The summed E-state index contributed by atoms with van der Waals surface area (Å²) in [6.45, 7) is 2.72. The summed E-state index contributed by atoms with van der Waals surface area (Å²) in [4.78, 5) is 12.4. The quantitative estimate of drug-likeness (QED) is 0.898. The zero-order valence-electron chi connectivity index (χ0n) is 13.3. The average molecular weight is 323 g/mol. The molecule has 0 aliphatic heterocycles. The molecule has 2 bridgehead atoms. The number of fused-ring (bicyclic) bond motifs is 2. The normalized spacial score (nSPS) is 30.3. The highest BCUT2D eigenvalue weighted by molar-refractivity contribution is 5.85. The van der Waals surface area contributed by atoms with Gasteiger partial charge in [-0.1, -0.05) is 36.2 Å². The SMILES string of the molecule is Cc1cccc(CNC(=O)C2CC3CCCC(C2)C3N)c1.Cl. The molecule has 122 valence electrons. The highest BCUT2D eigenvalue weighted by atomic mass is 35.5. The van der Waals surface area contributed by atoms with Crippen LogP contribution >= 0.6 is 12.4 Å². The van der Waals surface area contributed by atoms with Crippen molar-refractivity contribution in [2.24, 2.45) is 23.5 Å². The molecule has 4 heteroatoms. The number of carbonyl (C=O) groups excluding carboxylic acids is 1. The zero-order valence-corrected chi connectivity index (χ0v) is 14.1. The van der Waals surface area contributed by atoms with Gasteiger partial charge in [-0.25, -0.2) is 0 Å². The molecule has 2 aliphatic rings. The van der Waals surface area contributed by atoms with Crippen molar-refractivity contribution < 1.29 is 4.79 Å². The third-order valence-electron chi connectivity index (χ3n) is 5.33. The Bertz CT molecular complexity index is 506. The van der Waals surface area contributed by atoms with E-state index >= 15 is 0 Å². The molecular weight excluding hydrogens is 296 g/mol. The summed E-state index contributed by atoms with van der Waals surface area (Å²) in [5, 5.41) is 3.12. The van der Waals surface area contributed by atoms with Gasteiger partial charge in [-0.15, -0.1) is 12.4 Å². The summed E-state index contributed by atoms with van der Waals surface area (Å²) in [7, 11) is 0. The largest absolute Gasteiger partial charge is 0.352 e. The van der Waals surface area contributed by atoms with Gasteiger partial charge >= 0.3 is 0 Å². The fourth-order valence-corrected chi connectivity index (χ4v) is 4.16. The predicted molar refractivity (Wildman–Crippen MR) is 91.8 cm³/mol. The molecule has 3 rings (SSSR count). The summed E-state index contributed by atoms with van der Waals surface area (Å²) in [6.07, 6.45) is 5.67. The molecule has 0 radical (unpaired) electrons. The number of halogens is 1. The number of amides is 1. The number of carbonyl (C=O) groups is 1. The summed E-state index contributed by atoms with van der Waals surface area (Å²) >= 11 is 0. The smallest absolute Gasteiger partial charge is 0.223 e. The number of hydrogen-bond donors (Lipinski definition) is 2. The Kier molecular flexibility index (Phi) is 5.87. The number of benzene rings is 1. The molecule has 2 fully saturated rings. The molecular formula is C18H27ClN2O. The van der Waals surface area contributed by atoms with Gasteiger partial charge in [0.15, 0.2) is 0 Å². The molecule has 0 heterocycles. The van der Waals surface area contributed by atoms with Crippen LogP contribution in [0.3, 0.4) is 0 Å². The third-order valence-corrected chi connectivity index (χ3v) is 5.33. The van der Waals surface area contributed by atoms with Crippen LogP contribution in [-0.4, -0.2) is 11.9 Å². The molecule has 2 atom stereocenters. The highest BCUT2D eigenvalue weighted by Gasteiger charge is 2.40. The molecule has 0 saturated heterocycles. The van der Waals surface area contributed by atoms with Crippen LogP contribution in [0.5, 0.6) is 0 Å². The minimum atomic E-state index is 0. The maximum atomic E-state index is 12.4. The molecule has 1 amide bonds. The Morgan fingerprint density at radius 3 is 2.59 bits per heavy atom. The number of rotatable bonds is 3. The molecule has 0 aromatic heterocycles. The second-order valence-electron chi connectivity index (χ2n) is 6.90. The lowest BCUT2D eigenvalue weighted by Gasteiger charge is -2.43. The molecule has 1 aromatic rings. The van der Waals surface area contributed by atoms with Crippen LogP contribution in [0.2, 0.25) is 0 Å². The Labute approximate surface area is 139 Å². The van der Waals surface area contributed by atoms with Crippen LogP contribution in [0.1, 0.15) is 43.2 Å². The number of hydrogen-bond acceptors (Lipinski definition) is 2. The van der Waals surface area contributed by atoms with E-state index in [1.165, 1.54) is 30.4 Å². The van der Waals surface area contributed by atoms with E-state index in [1.807, 2.05) is 6.07 Å². The highest BCUT2D eigenvalue weighted by Crippen LogP contribution is 2.41. The first-order chi connectivity index (χ1) is 10.1. The molecule has 3 N–H and O–H groups in total. The first-order valence-electron chi connectivity index (χ1n) is 8.22. The summed E-state index contributed by atoms with van der Waals surface area (Å²) in [5.41, 5.74) is 8.71. The van der Waals surface area contributed by atoms with E-state index in [0.717, 1.165) is 12.8 Å². The van der Waals surface area contributed by atoms with Crippen molar-refractivity contribution in [3.05, 3.63) is 35.4 Å². The van der Waals surface area contributed by atoms with Crippen LogP contribution < -0.4 is 11.1 Å². The van der Waals surface area contributed by atoms with E-state index in [0.29, 0.717) is 24.4 Å². The van der Waals surface area contributed by atoms with Crippen molar-refractivity contribution in [2.45, 2.75) is 51.6 Å². The van der Waals surface area contributed by atoms with Gasteiger partial charge in [0.1, 0.15) is 0 Å². The second-order valence-corrected chi connectivity index (χ2v) is 6.90. The molecule has 1 aromatic carbocycles. The predicted octanol–water partition coefficient (Wildman–Crippen LogP) is 3.19. The van der Waals surface area contributed by atoms with Gasteiger partial charge in [-0.2, -0.15) is 0 Å². The van der Waals surface area contributed by atoms with Crippen molar-refractivity contribution in [1.82, 2.24) is 5.32 Å². The van der Waals surface area contributed by atoms with E-state index in [2.05, 4.69) is 30.4 Å². The molecule has 2 unspecified atom stereocenters. The Morgan fingerprint density at radius 2 is 1.95 bits per heavy atom. The van der Waals surface area contributed by atoms with Crippen molar-refractivity contribution in [2.75, 3.05) is 0 Å². The van der Waals surface area contributed by atoms with E-state index in [4.69, 9.17) is 5.73 Å². The van der Waals surface area contributed by atoms with Gasteiger partial charge in [0.25, 0.3) is 0 Å². The van der Waals surface area contributed by atoms with Crippen LogP contribution in [0, 0.1) is 24.7 Å². The van der Waals surface area contributed by atoms with Crippen LogP contribution in [0.15, 0.2) is 24.3 Å². The van der Waals surface area contributed by atoms with Crippen molar-refractivity contribution in [3.63, 3.8) is 0 Å². The van der Waals surface area contributed by atoms with Crippen molar-refractivity contribution >= 4 is 18.3 Å². The van der Waals surface area contributed by atoms with E-state index in [1.54, 1.807) is 0 Å². The molecule has 3 nitrogen and oxygen atoms in total. The second kappa shape index (κ2) is 7.47. The van der Waals surface area contributed by atoms with Gasteiger partial charge in [0.2, 0.25) is 5.91 Å². The summed E-state index contributed by atoms with van der Waals surface area (Å²) in [6, 6.07) is 8.65. The minimum Gasteiger partial charge on any atom is -0.352 e. The fraction of sp³-hybridized carbons (Fsp3) is 0.611. The Morgan fingerprint density at radius 1 is 1.27 bits per heavy atom. The molecule has 22 heavy (non-hydrogen) atoms. The minimum absolute atomic E-state index is 0.